The Kier molecular flexibility index (Phi) is 7.10. The first-order chi connectivity index (χ1) is 12.0. The fraction of sp³-hybridized carbons (Fsp3) is 0.579. The Bertz CT molecular complexity index is 581. The van der Waals surface area contributed by atoms with Crippen LogP contribution in [0.25, 0.3) is 0 Å². The first-order valence-corrected chi connectivity index (χ1v) is 8.93. The number of amides is 2. The fourth-order valence-electron chi connectivity index (χ4n) is 2.80. The topological polar surface area (TPSA) is 67.9 Å². The van der Waals surface area contributed by atoms with E-state index in [9.17, 15) is 9.59 Å². The summed E-state index contributed by atoms with van der Waals surface area (Å²) >= 11 is 0. The van der Waals surface area contributed by atoms with Crippen LogP contribution in [0, 0.1) is 0 Å². The molecule has 6 heteroatoms. The molecule has 1 aromatic carbocycles. The van der Waals surface area contributed by atoms with Crippen molar-refractivity contribution in [2.24, 2.45) is 0 Å². The van der Waals surface area contributed by atoms with Gasteiger partial charge in [-0.3, -0.25) is 4.79 Å². The van der Waals surface area contributed by atoms with Crippen LogP contribution in [0.1, 0.15) is 45.1 Å². The van der Waals surface area contributed by atoms with Crippen molar-refractivity contribution >= 4 is 12.0 Å². The molecule has 0 aromatic heterocycles. The van der Waals surface area contributed by atoms with E-state index in [0.29, 0.717) is 31.4 Å². The van der Waals surface area contributed by atoms with Gasteiger partial charge in [0, 0.05) is 19.1 Å². The van der Waals surface area contributed by atoms with Gasteiger partial charge in [0.15, 0.2) is 6.61 Å². The lowest BCUT2D eigenvalue weighted by molar-refractivity contribution is -0.124. The van der Waals surface area contributed by atoms with Crippen molar-refractivity contribution in [2.75, 3.05) is 26.3 Å². The van der Waals surface area contributed by atoms with Crippen molar-refractivity contribution in [1.82, 2.24) is 10.2 Å². The van der Waals surface area contributed by atoms with E-state index < -0.39 is 0 Å². The number of rotatable bonds is 6. The highest BCUT2D eigenvalue weighted by Gasteiger charge is 2.24. The van der Waals surface area contributed by atoms with Crippen molar-refractivity contribution in [3.05, 3.63) is 29.8 Å². The Labute approximate surface area is 149 Å². The maximum Gasteiger partial charge on any atom is 0.409 e. The van der Waals surface area contributed by atoms with Crippen LogP contribution in [0.3, 0.4) is 0 Å². The Hall–Kier alpha value is -2.24. The van der Waals surface area contributed by atoms with E-state index in [1.807, 2.05) is 18.2 Å². The summed E-state index contributed by atoms with van der Waals surface area (Å²) < 4.78 is 10.6. The highest BCUT2D eigenvalue weighted by Crippen LogP contribution is 2.20. The lowest BCUT2D eigenvalue weighted by atomic mass is 10.0. The summed E-state index contributed by atoms with van der Waals surface area (Å²) in [6, 6.07) is 7.89. The molecule has 2 amide bonds. The first kappa shape index (κ1) is 19.1. The standard InChI is InChI=1S/C19H28N2O4/c1-4-24-19(23)21-10-8-16(9-11-21)20-18(22)13-25-17-7-5-6-15(12-17)14(2)3/h5-7,12,14,16H,4,8-11,13H2,1-3H3,(H,20,22). The van der Waals surface area contributed by atoms with E-state index in [1.165, 1.54) is 5.56 Å². The molecule has 0 spiro atoms. The summed E-state index contributed by atoms with van der Waals surface area (Å²) in [7, 11) is 0. The zero-order valence-corrected chi connectivity index (χ0v) is 15.3. The van der Waals surface area contributed by atoms with Gasteiger partial charge in [-0.25, -0.2) is 4.79 Å². The molecule has 0 aliphatic carbocycles. The molecule has 0 unspecified atom stereocenters. The zero-order chi connectivity index (χ0) is 18.2. The summed E-state index contributed by atoms with van der Waals surface area (Å²) in [4.78, 5) is 25.4. The third kappa shape index (κ3) is 5.96. The molecule has 0 radical (unpaired) electrons. The number of hydrogen-bond acceptors (Lipinski definition) is 4. The second kappa shape index (κ2) is 9.30. The lowest BCUT2D eigenvalue weighted by Crippen LogP contribution is -2.47. The Morgan fingerprint density at radius 1 is 1.28 bits per heavy atom. The van der Waals surface area contributed by atoms with Crippen LogP contribution in [0.5, 0.6) is 5.75 Å². The van der Waals surface area contributed by atoms with Gasteiger partial charge in [0.25, 0.3) is 5.91 Å². The molecule has 1 aromatic rings. The smallest absolute Gasteiger partial charge is 0.409 e. The lowest BCUT2D eigenvalue weighted by Gasteiger charge is -2.31. The number of nitrogens with one attached hydrogen (secondary N) is 1. The number of carbonyl (C=O) groups excluding carboxylic acids is 2. The van der Waals surface area contributed by atoms with E-state index in [1.54, 1.807) is 11.8 Å². The predicted octanol–water partition coefficient (Wildman–Crippen LogP) is 2.93. The quantitative estimate of drug-likeness (QED) is 0.858. The first-order valence-electron chi connectivity index (χ1n) is 8.93. The SMILES string of the molecule is CCOC(=O)N1CCC(NC(=O)COc2cccc(C(C)C)c2)CC1. The maximum absolute atomic E-state index is 12.1. The van der Waals surface area contributed by atoms with Crippen LogP contribution in [-0.4, -0.2) is 49.2 Å². The van der Waals surface area contributed by atoms with Gasteiger partial charge in [-0.05, 0) is 43.4 Å². The van der Waals surface area contributed by atoms with Gasteiger partial charge in [-0.1, -0.05) is 26.0 Å². The summed E-state index contributed by atoms with van der Waals surface area (Å²) in [6.45, 7) is 7.61. The summed E-state index contributed by atoms with van der Waals surface area (Å²) in [5.74, 6) is 0.991. The highest BCUT2D eigenvalue weighted by molar-refractivity contribution is 5.78. The molecule has 1 N–H and O–H groups in total. The number of nitrogens with zero attached hydrogens (tertiary/aromatic N) is 1. The molecule has 138 valence electrons. The minimum atomic E-state index is -0.277. The van der Waals surface area contributed by atoms with Crippen molar-refractivity contribution in [3.63, 3.8) is 0 Å². The number of carbonyl (C=O) groups is 2. The summed E-state index contributed by atoms with van der Waals surface area (Å²) in [5, 5.41) is 2.98. The molecule has 0 atom stereocenters. The average molecular weight is 348 g/mol. The van der Waals surface area contributed by atoms with E-state index in [4.69, 9.17) is 9.47 Å². The predicted molar refractivity (Wildman–Crippen MR) is 95.8 cm³/mol. The van der Waals surface area contributed by atoms with Gasteiger partial charge < -0.3 is 19.7 Å². The Balaban J connectivity index is 1.73. The van der Waals surface area contributed by atoms with Gasteiger partial charge in [-0.15, -0.1) is 0 Å². The van der Waals surface area contributed by atoms with E-state index in [-0.39, 0.29) is 24.6 Å². The monoisotopic (exact) mass is 348 g/mol. The van der Waals surface area contributed by atoms with Crippen molar-refractivity contribution < 1.29 is 19.1 Å². The van der Waals surface area contributed by atoms with Crippen LogP contribution in [-0.2, 0) is 9.53 Å². The normalized spacial score (nSPS) is 15.1. The molecule has 0 bridgehead atoms. The Morgan fingerprint density at radius 2 is 2.00 bits per heavy atom. The summed E-state index contributed by atoms with van der Waals surface area (Å²) in [6.07, 6.45) is 1.18. The molecule has 1 saturated heterocycles. The summed E-state index contributed by atoms with van der Waals surface area (Å²) in [5.41, 5.74) is 1.18. The van der Waals surface area contributed by atoms with Crippen LogP contribution < -0.4 is 10.1 Å². The highest BCUT2D eigenvalue weighted by atomic mass is 16.6. The zero-order valence-electron chi connectivity index (χ0n) is 15.3. The van der Waals surface area contributed by atoms with Gasteiger partial charge in [-0.2, -0.15) is 0 Å². The fourth-order valence-corrected chi connectivity index (χ4v) is 2.80. The number of hydrogen-bond donors (Lipinski definition) is 1. The van der Waals surface area contributed by atoms with Gasteiger partial charge in [0.05, 0.1) is 6.61 Å². The Morgan fingerprint density at radius 3 is 2.64 bits per heavy atom. The molecule has 1 aliphatic heterocycles. The minimum Gasteiger partial charge on any atom is -0.484 e. The molecular formula is C19H28N2O4. The number of likely N-dealkylation sites (tertiary alicyclic amines) is 1. The molecule has 25 heavy (non-hydrogen) atoms. The third-order valence-electron chi connectivity index (χ3n) is 4.28. The van der Waals surface area contributed by atoms with E-state index in [2.05, 4.69) is 25.2 Å². The van der Waals surface area contributed by atoms with Crippen LogP contribution in [0.4, 0.5) is 4.79 Å². The van der Waals surface area contributed by atoms with Gasteiger partial charge >= 0.3 is 6.09 Å². The second-order valence-corrected chi connectivity index (χ2v) is 6.54. The molecule has 1 aliphatic rings. The van der Waals surface area contributed by atoms with Crippen molar-refractivity contribution in [3.8, 4) is 5.75 Å². The maximum atomic E-state index is 12.1. The van der Waals surface area contributed by atoms with Crippen molar-refractivity contribution in [2.45, 2.75) is 45.6 Å². The molecule has 1 fully saturated rings. The van der Waals surface area contributed by atoms with Crippen LogP contribution in [0.2, 0.25) is 0 Å². The molecule has 1 heterocycles. The molecule has 0 saturated carbocycles. The van der Waals surface area contributed by atoms with E-state index in [0.717, 1.165) is 12.8 Å². The minimum absolute atomic E-state index is 0.000358. The van der Waals surface area contributed by atoms with Crippen LogP contribution in [0.15, 0.2) is 24.3 Å². The molecular weight excluding hydrogens is 320 g/mol. The van der Waals surface area contributed by atoms with E-state index >= 15 is 0 Å². The number of benzene rings is 1. The second-order valence-electron chi connectivity index (χ2n) is 6.54. The van der Waals surface area contributed by atoms with Gasteiger partial charge in [0.1, 0.15) is 5.75 Å². The molecule has 6 nitrogen and oxygen atoms in total. The average Bonchev–Trinajstić information content (AvgIpc) is 2.61. The number of ether oxygens (including phenoxy) is 2. The van der Waals surface area contributed by atoms with Crippen molar-refractivity contribution in [1.29, 1.82) is 0 Å². The number of piperidine rings is 1. The third-order valence-corrected chi connectivity index (χ3v) is 4.28. The van der Waals surface area contributed by atoms with Gasteiger partial charge in [0.2, 0.25) is 0 Å². The molecule has 2 rings (SSSR count). The van der Waals surface area contributed by atoms with Crippen LogP contribution >= 0.6 is 0 Å². The largest absolute Gasteiger partial charge is 0.484 e.